The van der Waals surface area contributed by atoms with Crippen molar-refractivity contribution >= 4 is 11.6 Å². The Kier molecular flexibility index (Phi) is 5.94. The van der Waals surface area contributed by atoms with E-state index < -0.39 is 11.7 Å². The van der Waals surface area contributed by atoms with Crippen LogP contribution in [0.4, 0.5) is 18.9 Å². The number of ether oxygens (including phenoxy) is 1. The summed E-state index contributed by atoms with van der Waals surface area (Å²) in [5.74, 6) is 0.468. The third kappa shape index (κ3) is 4.92. The minimum Gasteiger partial charge on any atom is -0.491 e. The van der Waals surface area contributed by atoms with Gasteiger partial charge in [0, 0.05) is 25.7 Å². The van der Waals surface area contributed by atoms with Gasteiger partial charge in [-0.3, -0.25) is 14.7 Å². The van der Waals surface area contributed by atoms with Crippen LogP contribution in [-0.2, 0) is 17.5 Å². The summed E-state index contributed by atoms with van der Waals surface area (Å²) in [4.78, 5) is 19.3. The number of carbonyl (C=O) groups is 1. The van der Waals surface area contributed by atoms with E-state index in [-0.39, 0.29) is 29.2 Å². The molecule has 2 aliphatic rings. The van der Waals surface area contributed by atoms with Gasteiger partial charge < -0.3 is 10.1 Å². The number of amides is 1. The normalized spacial score (nSPS) is 23.0. The average Bonchev–Trinajstić information content (AvgIpc) is 2.70. The van der Waals surface area contributed by atoms with Crippen molar-refractivity contribution in [3.63, 3.8) is 0 Å². The Morgan fingerprint density at radius 3 is 2.80 bits per heavy atom. The van der Waals surface area contributed by atoms with E-state index in [0.29, 0.717) is 13.0 Å². The fourth-order valence-corrected chi connectivity index (χ4v) is 4.31. The van der Waals surface area contributed by atoms with E-state index in [1.54, 1.807) is 6.20 Å². The van der Waals surface area contributed by atoms with Crippen molar-refractivity contribution in [3.8, 4) is 5.75 Å². The highest BCUT2D eigenvalue weighted by Gasteiger charge is 2.34. The summed E-state index contributed by atoms with van der Waals surface area (Å²) < 4.78 is 44.9. The monoisotopic (exact) mass is 419 g/mol. The minimum atomic E-state index is -4.47. The van der Waals surface area contributed by atoms with Gasteiger partial charge in [0.05, 0.1) is 23.6 Å². The molecule has 3 heterocycles. The van der Waals surface area contributed by atoms with Crippen LogP contribution >= 0.6 is 0 Å². The summed E-state index contributed by atoms with van der Waals surface area (Å²) in [6, 6.07) is 9.07. The van der Waals surface area contributed by atoms with E-state index in [4.69, 9.17) is 4.74 Å². The molecule has 1 amide bonds. The predicted octanol–water partition coefficient (Wildman–Crippen LogP) is 4.35. The maximum Gasteiger partial charge on any atom is 0.416 e. The Balaban J connectivity index is 1.47. The second-order valence-corrected chi connectivity index (χ2v) is 7.96. The highest BCUT2D eigenvalue weighted by atomic mass is 19.4. The third-order valence-electron chi connectivity index (χ3n) is 5.86. The smallest absolute Gasteiger partial charge is 0.416 e. The molecule has 0 saturated carbocycles. The number of nitrogens with one attached hydrogen (secondary N) is 1. The van der Waals surface area contributed by atoms with E-state index in [0.717, 1.165) is 50.3 Å². The average molecular weight is 419 g/mol. The van der Waals surface area contributed by atoms with Crippen LogP contribution in [0.1, 0.15) is 30.5 Å². The highest BCUT2D eigenvalue weighted by Crippen LogP contribution is 2.37. The maximum absolute atomic E-state index is 13.0. The van der Waals surface area contributed by atoms with Crippen LogP contribution in [0, 0.1) is 11.8 Å². The minimum absolute atomic E-state index is 0.0841. The molecule has 1 aromatic heterocycles. The van der Waals surface area contributed by atoms with Gasteiger partial charge in [0.15, 0.2) is 0 Å². The van der Waals surface area contributed by atoms with Gasteiger partial charge in [-0.1, -0.05) is 6.07 Å². The Morgan fingerprint density at radius 2 is 2.03 bits per heavy atom. The van der Waals surface area contributed by atoms with Crippen molar-refractivity contribution in [1.82, 2.24) is 9.88 Å². The van der Waals surface area contributed by atoms with Gasteiger partial charge in [0.1, 0.15) is 5.75 Å². The molecular weight excluding hydrogens is 395 g/mol. The molecule has 2 aromatic rings. The summed E-state index contributed by atoms with van der Waals surface area (Å²) >= 11 is 0. The number of hydrogen-bond donors (Lipinski definition) is 1. The van der Waals surface area contributed by atoms with Crippen molar-refractivity contribution in [2.45, 2.75) is 32.0 Å². The first-order chi connectivity index (χ1) is 14.4. The SMILES string of the molecule is O=C1C[C@@H]2CCN(Cc3ccccn3)C[C@@H]2CCOc2ccc(C(F)(F)F)cc2N1. The number of pyridine rings is 1. The first-order valence-electron chi connectivity index (χ1n) is 10.1. The first-order valence-corrected chi connectivity index (χ1v) is 10.1. The molecule has 1 aromatic carbocycles. The quantitative estimate of drug-likeness (QED) is 0.787. The summed E-state index contributed by atoms with van der Waals surface area (Å²) in [5.41, 5.74) is 0.294. The number of likely N-dealkylation sites (tertiary alicyclic amines) is 1. The van der Waals surface area contributed by atoms with Crippen LogP contribution in [0.2, 0.25) is 0 Å². The number of piperidine rings is 1. The lowest BCUT2D eigenvalue weighted by atomic mass is 9.81. The molecule has 1 N–H and O–H groups in total. The molecule has 0 radical (unpaired) electrons. The number of aromatic nitrogens is 1. The van der Waals surface area contributed by atoms with Crippen molar-refractivity contribution in [2.75, 3.05) is 25.0 Å². The van der Waals surface area contributed by atoms with Crippen LogP contribution in [0.25, 0.3) is 0 Å². The molecule has 2 aliphatic heterocycles. The van der Waals surface area contributed by atoms with E-state index in [9.17, 15) is 18.0 Å². The Bertz CT molecular complexity index is 889. The van der Waals surface area contributed by atoms with Gasteiger partial charge in [-0.05, 0) is 61.6 Å². The van der Waals surface area contributed by atoms with Crippen molar-refractivity contribution in [1.29, 1.82) is 0 Å². The van der Waals surface area contributed by atoms with Crippen LogP contribution in [-0.4, -0.2) is 35.5 Å². The van der Waals surface area contributed by atoms with Crippen LogP contribution in [0.15, 0.2) is 42.6 Å². The Hall–Kier alpha value is -2.61. The second kappa shape index (κ2) is 8.63. The molecule has 0 spiro atoms. The highest BCUT2D eigenvalue weighted by molar-refractivity contribution is 5.92. The zero-order chi connectivity index (χ0) is 21.1. The maximum atomic E-state index is 13.0. The Labute approximate surface area is 173 Å². The van der Waals surface area contributed by atoms with Crippen LogP contribution < -0.4 is 10.1 Å². The van der Waals surface area contributed by atoms with E-state index in [1.165, 1.54) is 6.07 Å². The summed E-state index contributed by atoms with van der Waals surface area (Å²) in [7, 11) is 0. The van der Waals surface area contributed by atoms with Gasteiger partial charge in [-0.25, -0.2) is 0 Å². The van der Waals surface area contributed by atoms with Crippen molar-refractivity contribution in [3.05, 3.63) is 53.9 Å². The number of carbonyl (C=O) groups excluding carboxylic acids is 1. The van der Waals surface area contributed by atoms with Crippen LogP contribution in [0.3, 0.4) is 0 Å². The number of anilines is 1. The molecule has 160 valence electrons. The van der Waals surface area contributed by atoms with E-state index in [2.05, 4.69) is 15.2 Å². The van der Waals surface area contributed by atoms with Gasteiger partial charge in [-0.15, -0.1) is 0 Å². The van der Waals surface area contributed by atoms with E-state index >= 15 is 0 Å². The van der Waals surface area contributed by atoms with Crippen molar-refractivity contribution in [2.24, 2.45) is 11.8 Å². The number of nitrogens with zero attached hydrogens (tertiary/aromatic N) is 2. The lowest BCUT2D eigenvalue weighted by Crippen LogP contribution is -2.42. The van der Waals surface area contributed by atoms with Crippen molar-refractivity contribution < 1.29 is 22.7 Å². The summed E-state index contributed by atoms with van der Waals surface area (Å²) in [6.45, 7) is 2.87. The number of rotatable bonds is 2. The number of halogens is 3. The van der Waals surface area contributed by atoms with Crippen LogP contribution in [0.5, 0.6) is 5.75 Å². The Morgan fingerprint density at radius 1 is 1.17 bits per heavy atom. The summed E-state index contributed by atoms with van der Waals surface area (Å²) in [5, 5.41) is 2.64. The van der Waals surface area contributed by atoms with Gasteiger partial charge >= 0.3 is 6.18 Å². The molecule has 0 unspecified atom stereocenters. The molecular formula is C22H24F3N3O2. The molecule has 0 bridgehead atoms. The molecule has 0 aliphatic carbocycles. The second-order valence-electron chi connectivity index (χ2n) is 7.96. The summed E-state index contributed by atoms with van der Waals surface area (Å²) in [6.07, 6.45) is -0.777. The fraction of sp³-hybridized carbons (Fsp3) is 0.455. The predicted molar refractivity (Wildman–Crippen MR) is 106 cm³/mol. The lowest BCUT2D eigenvalue weighted by Gasteiger charge is -2.38. The number of fused-ring (bicyclic) bond motifs is 2. The van der Waals surface area contributed by atoms with Gasteiger partial charge in [0.2, 0.25) is 5.91 Å². The van der Waals surface area contributed by atoms with Gasteiger partial charge in [0.25, 0.3) is 0 Å². The van der Waals surface area contributed by atoms with E-state index in [1.807, 2.05) is 18.2 Å². The molecule has 30 heavy (non-hydrogen) atoms. The molecule has 1 saturated heterocycles. The third-order valence-corrected chi connectivity index (χ3v) is 5.86. The topological polar surface area (TPSA) is 54.5 Å². The lowest BCUT2D eigenvalue weighted by molar-refractivity contribution is -0.137. The number of alkyl halides is 3. The number of hydrogen-bond acceptors (Lipinski definition) is 4. The zero-order valence-corrected chi connectivity index (χ0v) is 16.5. The molecule has 2 atom stereocenters. The molecule has 1 fully saturated rings. The largest absolute Gasteiger partial charge is 0.491 e. The standard InChI is InChI=1S/C22H24F3N3O2/c23-22(24,25)17-4-5-20-19(12-17)27-21(29)11-15-6-9-28(13-16(15)7-10-30-20)14-18-3-1-2-8-26-18/h1-5,8,12,15-16H,6-7,9-11,13-14H2,(H,27,29)/t15-,16-/m0/s1. The molecule has 8 heteroatoms. The molecule has 5 nitrogen and oxygen atoms in total. The fourth-order valence-electron chi connectivity index (χ4n) is 4.31. The zero-order valence-electron chi connectivity index (χ0n) is 16.5. The van der Waals surface area contributed by atoms with Gasteiger partial charge in [-0.2, -0.15) is 13.2 Å². The molecule has 4 rings (SSSR count). The first kappa shape index (κ1) is 20.7. The number of benzene rings is 1.